The molecule has 5 heterocycles. The first-order chi connectivity index (χ1) is 23.2. The first-order valence-corrected chi connectivity index (χ1v) is 18.6. The number of carbonyl (C=O) groups is 2. The van der Waals surface area contributed by atoms with Crippen LogP contribution in [-0.2, 0) is 14.2 Å². The van der Waals surface area contributed by atoms with Gasteiger partial charge in [0.25, 0.3) is 0 Å². The number of nitrogens with one attached hydrogen (secondary N) is 3. The molecule has 280 valence electrons. The maximum atomic E-state index is 16.7. The predicted octanol–water partition coefficient (Wildman–Crippen LogP) is 2.84. The molecule has 14 heteroatoms. The second-order valence-corrected chi connectivity index (χ2v) is 16.7. The number of amides is 3. The van der Waals surface area contributed by atoms with Crippen LogP contribution in [0.15, 0.2) is 0 Å². The zero-order chi connectivity index (χ0) is 35.4. The minimum Gasteiger partial charge on any atom is -0.444 e. The average Bonchev–Trinajstić information content (AvgIpc) is 3.03. The predicted molar refractivity (Wildman–Crippen MR) is 179 cm³/mol. The molecule has 1 saturated carbocycles. The van der Waals surface area contributed by atoms with Crippen molar-refractivity contribution in [2.75, 3.05) is 39.9 Å². The first kappa shape index (κ1) is 36.9. The second kappa shape index (κ2) is 14.7. The highest BCUT2D eigenvalue weighted by molar-refractivity contribution is 5.76. The Labute approximate surface area is 290 Å². The van der Waals surface area contributed by atoms with Gasteiger partial charge in [-0.2, -0.15) is 0 Å². The van der Waals surface area contributed by atoms with Gasteiger partial charge in [0.2, 0.25) is 0 Å². The Bertz CT molecular complexity index is 1180. The number of hydrogen-bond acceptors (Lipinski definition) is 9. The number of nitrogens with zero attached hydrogens (tertiary/aromatic N) is 3. The Morgan fingerprint density at radius 2 is 1.84 bits per heavy atom. The van der Waals surface area contributed by atoms with E-state index in [-0.39, 0.29) is 49.1 Å². The number of methoxy groups -OCH3 is 1. The molecule has 49 heavy (non-hydrogen) atoms. The average molecular weight is 699 g/mol. The number of carbonyl (C=O) groups excluding carboxylic acids is 2. The molecule has 0 aromatic heterocycles. The van der Waals surface area contributed by atoms with Crippen molar-refractivity contribution in [3.8, 4) is 0 Å². The third-order valence-electron chi connectivity index (χ3n) is 12.1. The number of ether oxygens (including phenoxy) is 3. The minimum atomic E-state index is -1.38. The summed E-state index contributed by atoms with van der Waals surface area (Å²) in [5.74, 6) is -1.38. The van der Waals surface area contributed by atoms with E-state index in [4.69, 9.17) is 14.2 Å². The molecule has 6 rings (SSSR count). The van der Waals surface area contributed by atoms with Gasteiger partial charge in [-0.15, -0.1) is 0 Å². The van der Waals surface area contributed by atoms with Crippen molar-refractivity contribution in [1.29, 1.82) is 0 Å². The van der Waals surface area contributed by atoms with Crippen molar-refractivity contribution >= 4 is 12.1 Å². The summed E-state index contributed by atoms with van der Waals surface area (Å²) in [6.07, 6.45) is -4.06. The van der Waals surface area contributed by atoms with Gasteiger partial charge in [0.15, 0.2) is 0 Å². The third kappa shape index (κ3) is 7.28. The number of rotatable bonds is 3. The Morgan fingerprint density at radius 3 is 2.51 bits per heavy atom. The molecule has 6 fully saturated rings. The van der Waals surface area contributed by atoms with Gasteiger partial charge in [-0.05, 0) is 72.3 Å². The number of piperidine rings is 2. The molecule has 6 aliphatic rings. The molecule has 12 nitrogen and oxygen atoms in total. The van der Waals surface area contributed by atoms with E-state index >= 15 is 8.78 Å². The van der Waals surface area contributed by atoms with Crippen molar-refractivity contribution in [3.63, 3.8) is 0 Å². The summed E-state index contributed by atoms with van der Waals surface area (Å²) in [7, 11) is 1.54. The lowest BCUT2D eigenvalue weighted by molar-refractivity contribution is -0.161. The van der Waals surface area contributed by atoms with Gasteiger partial charge in [-0.25, -0.2) is 18.4 Å². The van der Waals surface area contributed by atoms with Crippen LogP contribution in [0.5, 0.6) is 0 Å². The molecule has 5 aliphatic heterocycles. The zero-order valence-electron chi connectivity index (χ0n) is 30.3. The zero-order valence-corrected chi connectivity index (χ0v) is 30.3. The topological polar surface area (TPSA) is 128 Å². The number of piperazine rings is 1. The van der Waals surface area contributed by atoms with Gasteiger partial charge < -0.3 is 39.8 Å². The Kier molecular flexibility index (Phi) is 11.0. The van der Waals surface area contributed by atoms with Crippen LogP contribution in [-0.4, -0.2) is 145 Å². The number of urea groups is 1. The lowest BCUT2D eigenvalue weighted by Crippen LogP contribution is -2.80. The molecule has 0 aromatic carbocycles. The van der Waals surface area contributed by atoms with E-state index in [1.54, 1.807) is 12.0 Å². The smallest absolute Gasteiger partial charge is 0.410 e. The summed E-state index contributed by atoms with van der Waals surface area (Å²) in [6.45, 7) is 13.7. The van der Waals surface area contributed by atoms with E-state index in [0.29, 0.717) is 51.9 Å². The summed E-state index contributed by atoms with van der Waals surface area (Å²) in [5, 5.41) is 22.5. The van der Waals surface area contributed by atoms with Gasteiger partial charge in [0, 0.05) is 62.6 Å². The number of alkyl halides is 2. The van der Waals surface area contributed by atoms with Crippen molar-refractivity contribution in [1.82, 2.24) is 30.7 Å². The molecule has 2 bridgehead atoms. The van der Waals surface area contributed by atoms with Crippen LogP contribution in [0.2, 0.25) is 0 Å². The van der Waals surface area contributed by atoms with Gasteiger partial charge in [-0.3, -0.25) is 10.2 Å². The van der Waals surface area contributed by atoms with E-state index in [2.05, 4.69) is 34.7 Å². The van der Waals surface area contributed by atoms with Crippen LogP contribution >= 0.6 is 0 Å². The lowest BCUT2D eigenvalue weighted by Gasteiger charge is -2.60. The highest BCUT2D eigenvalue weighted by Crippen LogP contribution is 2.44. The number of aliphatic hydroxyl groups is 1. The quantitative estimate of drug-likeness (QED) is 0.352. The Morgan fingerprint density at radius 1 is 1.08 bits per heavy atom. The molecule has 1 aliphatic carbocycles. The SMILES string of the molecule is COC1COC2CCCC(F)C2C2NC3C(CC2F)C(N2CCN(C(=O)OC(C)(C)C)C[C@@H]2C)NC(=O)N3C2C(CCNC2C(C)C)C1O. The van der Waals surface area contributed by atoms with Crippen LogP contribution in [0.3, 0.4) is 0 Å². The van der Waals surface area contributed by atoms with E-state index in [9.17, 15) is 14.7 Å². The normalized spacial score (nSPS) is 43.9. The van der Waals surface area contributed by atoms with Gasteiger partial charge in [0.1, 0.15) is 24.0 Å². The molecular formula is C35H60F2N6O6. The molecule has 4 N–H and O–H groups in total. The maximum absolute atomic E-state index is 16.7. The summed E-state index contributed by atoms with van der Waals surface area (Å²) < 4.78 is 50.5. The molecule has 0 radical (unpaired) electrons. The van der Waals surface area contributed by atoms with Crippen LogP contribution < -0.4 is 16.0 Å². The van der Waals surface area contributed by atoms with Crippen LogP contribution in [0.4, 0.5) is 18.4 Å². The van der Waals surface area contributed by atoms with Crippen molar-refractivity contribution in [2.45, 2.75) is 146 Å². The minimum absolute atomic E-state index is 0.0612. The van der Waals surface area contributed by atoms with Crippen molar-refractivity contribution in [3.05, 3.63) is 0 Å². The van der Waals surface area contributed by atoms with Gasteiger partial charge >= 0.3 is 12.1 Å². The first-order valence-electron chi connectivity index (χ1n) is 18.6. The standard InChI is InChI=1S/C35H60F2N6O6/c1-18(2)27-29-20(11-12-38-27)30(44)25(47-7)17-48-24-10-8-9-22(36)26(24)28-23(37)15-21-31(40-33(45)43(29)32(21)39-28)42-14-13-41(16-19(42)3)34(46)49-35(4,5)6/h18-32,38-39,44H,8-17H2,1-7H3,(H,40,45)/t19-,20?,21?,22?,23?,24?,25?,26?,27?,28?,29?,30?,31?,32?/m0/s1. The molecule has 14 atom stereocenters. The van der Waals surface area contributed by atoms with Gasteiger partial charge in [-0.1, -0.05) is 13.8 Å². The number of fused-ring (bicyclic) bond motifs is 5. The van der Waals surface area contributed by atoms with Gasteiger partial charge in [0.05, 0.1) is 37.2 Å². The molecule has 13 unspecified atom stereocenters. The van der Waals surface area contributed by atoms with Crippen molar-refractivity contribution in [2.24, 2.45) is 23.7 Å². The molecule has 0 aromatic rings. The fourth-order valence-corrected chi connectivity index (χ4v) is 9.80. The van der Waals surface area contributed by atoms with Crippen LogP contribution in [0.1, 0.15) is 73.6 Å². The van der Waals surface area contributed by atoms with E-state index in [1.807, 2.05) is 32.6 Å². The maximum Gasteiger partial charge on any atom is 0.410 e. The van der Waals surface area contributed by atoms with Crippen molar-refractivity contribution < 1.29 is 37.7 Å². The monoisotopic (exact) mass is 698 g/mol. The Balaban J connectivity index is 1.37. The van der Waals surface area contributed by atoms with E-state index in [1.165, 1.54) is 0 Å². The molecule has 5 saturated heterocycles. The summed E-state index contributed by atoms with van der Waals surface area (Å²) in [6, 6.07) is -1.91. The summed E-state index contributed by atoms with van der Waals surface area (Å²) >= 11 is 0. The molecular weight excluding hydrogens is 638 g/mol. The molecule has 0 spiro atoms. The van der Waals surface area contributed by atoms with E-state index in [0.717, 1.165) is 0 Å². The van der Waals surface area contributed by atoms with E-state index < -0.39 is 72.5 Å². The largest absolute Gasteiger partial charge is 0.444 e. The number of hydrogen-bond donors (Lipinski definition) is 4. The molecule has 3 amide bonds. The van der Waals surface area contributed by atoms with Crippen LogP contribution in [0.25, 0.3) is 0 Å². The number of aliphatic hydroxyl groups excluding tert-OH is 1. The fourth-order valence-electron chi connectivity index (χ4n) is 9.80. The summed E-state index contributed by atoms with van der Waals surface area (Å²) in [5.41, 5.74) is -0.621. The fraction of sp³-hybridized carbons (Fsp3) is 0.943. The lowest BCUT2D eigenvalue weighted by atomic mass is 9.71. The van der Waals surface area contributed by atoms with Crippen LogP contribution in [0, 0.1) is 23.7 Å². The third-order valence-corrected chi connectivity index (χ3v) is 12.1. The Hall–Kier alpha value is -1.84. The highest BCUT2D eigenvalue weighted by atomic mass is 19.1. The number of halogens is 2. The second-order valence-electron chi connectivity index (χ2n) is 16.7. The highest BCUT2D eigenvalue weighted by Gasteiger charge is 2.59. The summed E-state index contributed by atoms with van der Waals surface area (Å²) in [4.78, 5) is 33.3.